The van der Waals surface area contributed by atoms with Crippen LogP contribution in [0.1, 0.15) is 44.5 Å². The van der Waals surface area contributed by atoms with E-state index in [0.29, 0.717) is 81.3 Å². The molecule has 3 aromatic rings. The molecule has 3 N–H and O–H groups in total. The number of ether oxygens (including phenoxy) is 2. The maximum absolute atomic E-state index is 13.7. The Hall–Kier alpha value is -4.45. The number of imidazole rings is 1. The topological polar surface area (TPSA) is 152 Å². The molecule has 0 bridgehead atoms. The smallest absolute Gasteiger partial charge is 0.453 e. The van der Waals surface area contributed by atoms with E-state index in [1.807, 2.05) is 11.8 Å². The molecule has 0 spiro atoms. The molecule has 2 aromatic carbocycles. The highest BCUT2D eigenvalue weighted by Crippen LogP contribution is 2.54. The number of nitrogens with zero attached hydrogens (tertiary/aromatic N) is 5. The largest absolute Gasteiger partial charge is 0.573 e. The number of carbonyl (C=O) groups is 4. The predicted octanol–water partition coefficient (Wildman–Crippen LogP) is 6.90. The van der Waals surface area contributed by atoms with Gasteiger partial charge in [-0.3, -0.25) is 14.5 Å². The fourth-order valence-electron chi connectivity index (χ4n) is 8.11. The molecule has 3 saturated heterocycles. The van der Waals surface area contributed by atoms with E-state index in [-0.39, 0.29) is 58.6 Å². The molecule has 0 radical (unpaired) electrons. The van der Waals surface area contributed by atoms with Crippen LogP contribution < -0.4 is 15.4 Å². The summed E-state index contributed by atoms with van der Waals surface area (Å²) in [5, 5.41) is 5.10. The van der Waals surface area contributed by atoms with E-state index in [0.717, 1.165) is 18.9 Å². The van der Waals surface area contributed by atoms with Crippen molar-refractivity contribution < 1.29 is 41.8 Å². The zero-order valence-corrected chi connectivity index (χ0v) is 34.6. The first kappa shape index (κ1) is 42.7. The van der Waals surface area contributed by atoms with Gasteiger partial charge in [-0.05, 0) is 48.8 Å². The molecule has 1 saturated carbocycles. The van der Waals surface area contributed by atoms with Crippen LogP contribution in [0.25, 0.3) is 22.4 Å². The first-order valence-electron chi connectivity index (χ1n) is 19.3. The quantitative estimate of drug-likeness (QED) is 0.197. The summed E-state index contributed by atoms with van der Waals surface area (Å²) in [6.45, 7) is 5.49. The lowest BCUT2D eigenvalue weighted by Gasteiger charge is -2.42. The lowest BCUT2D eigenvalue weighted by atomic mass is 10.0. The number of nitrogens with one attached hydrogen (secondary N) is 3. The molecule has 318 valence electrons. The second-order valence-corrected chi connectivity index (χ2v) is 17.4. The number of piperidine rings is 1. The molecule has 4 aliphatic rings. The molecular formula is C39H44Cl3F3N8O6. The Kier molecular flexibility index (Phi) is 12.5. The van der Waals surface area contributed by atoms with E-state index < -0.39 is 28.6 Å². The molecular weight excluding hydrogens is 840 g/mol. The zero-order valence-electron chi connectivity index (χ0n) is 32.3. The normalized spacial score (nSPS) is 22.2. The molecule has 14 nitrogen and oxygen atoms in total. The van der Waals surface area contributed by atoms with Gasteiger partial charge in [-0.1, -0.05) is 42.8 Å². The van der Waals surface area contributed by atoms with Crippen molar-refractivity contribution >= 4 is 64.4 Å². The molecule has 4 heterocycles. The lowest BCUT2D eigenvalue weighted by Crippen LogP contribution is -2.55. The molecule has 1 aromatic heterocycles. The van der Waals surface area contributed by atoms with Crippen LogP contribution in [-0.2, 0) is 14.3 Å². The molecule has 3 aliphatic heterocycles. The predicted molar refractivity (Wildman–Crippen MR) is 214 cm³/mol. The molecule has 20 heteroatoms. The summed E-state index contributed by atoms with van der Waals surface area (Å²) in [6.07, 6.45) is -1.41. The summed E-state index contributed by atoms with van der Waals surface area (Å²) in [4.78, 5) is 65.6. The Morgan fingerprint density at radius 3 is 2.27 bits per heavy atom. The van der Waals surface area contributed by atoms with Crippen LogP contribution in [0.3, 0.4) is 0 Å². The zero-order chi connectivity index (χ0) is 42.2. The van der Waals surface area contributed by atoms with Gasteiger partial charge in [0, 0.05) is 63.5 Å². The summed E-state index contributed by atoms with van der Waals surface area (Å²) in [7, 11) is 1.21. The van der Waals surface area contributed by atoms with Gasteiger partial charge in [-0.2, -0.15) is 0 Å². The lowest BCUT2D eigenvalue weighted by molar-refractivity contribution is -0.274. The van der Waals surface area contributed by atoms with Gasteiger partial charge in [0.25, 0.3) is 0 Å². The third-order valence-corrected chi connectivity index (χ3v) is 12.5. The van der Waals surface area contributed by atoms with Crippen LogP contribution in [0.15, 0.2) is 42.6 Å². The van der Waals surface area contributed by atoms with Crippen molar-refractivity contribution in [2.45, 2.75) is 55.4 Å². The number of alkyl halides is 5. The number of anilines is 1. The minimum Gasteiger partial charge on any atom is -0.453 e. The number of rotatable bonds is 9. The van der Waals surface area contributed by atoms with Gasteiger partial charge in [0.15, 0.2) is 0 Å². The van der Waals surface area contributed by atoms with Crippen molar-refractivity contribution in [3.63, 3.8) is 0 Å². The van der Waals surface area contributed by atoms with Crippen LogP contribution >= 0.6 is 34.8 Å². The number of carbonyl (C=O) groups excluding carboxylic acids is 4. The van der Waals surface area contributed by atoms with Gasteiger partial charge in [0.05, 0.1) is 41.7 Å². The van der Waals surface area contributed by atoms with E-state index in [1.165, 1.54) is 13.2 Å². The number of hydrogen-bond acceptors (Lipinski definition) is 8. The summed E-state index contributed by atoms with van der Waals surface area (Å²) >= 11 is 18.8. The molecule has 7 rings (SSSR count). The van der Waals surface area contributed by atoms with Gasteiger partial charge >= 0.3 is 18.5 Å². The third-order valence-electron chi connectivity index (χ3n) is 11.4. The Morgan fingerprint density at radius 2 is 1.64 bits per heavy atom. The molecule has 5 amide bonds. The number of aromatic nitrogens is 2. The summed E-state index contributed by atoms with van der Waals surface area (Å²) in [6, 6.07) is 8.43. The van der Waals surface area contributed by atoms with Crippen LogP contribution in [0, 0.1) is 11.8 Å². The highest BCUT2D eigenvalue weighted by Gasteiger charge is 2.57. The second kappa shape index (κ2) is 17.3. The summed E-state index contributed by atoms with van der Waals surface area (Å²) < 4.78 is 49.2. The fraction of sp³-hybridized carbons (Fsp3) is 0.513. The van der Waals surface area contributed by atoms with E-state index in [1.54, 1.807) is 40.3 Å². The minimum atomic E-state index is -5.03. The van der Waals surface area contributed by atoms with Crippen molar-refractivity contribution in [3.8, 4) is 28.1 Å². The molecule has 4 fully saturated rings. The molecule has 1 aliphatic carbocycles. The number of H-pyrrole nitrogens is 1. The average Bonchev–Trinajstić information content (AvgIpc) is 3.50. The average molecular weight is 884 g/mol. The van der Waals surface area contributed by atoms with Crippen molar-refractivity contribution in [1.82, 2.24) is 34.9 Å². The number of amides is 5. The number of methoxy groups -OCH3 is 1. The first-order valence-corrected chi connectivity index (χ1v) is 20.5. The van der Waals surface area contributed by atoms with E-state index in [2.05, 4.69) is 35.0 Å². The Morgan fingerprint density at radius 1 is 0.983 bits per heavy atom. The number of benzene rings is 2. The number of urea groups is 1. The number of piperazine rings is 1. The highest BCUT2D eigenvalue weighted by molar-refractivity contribution is 6.52. The van der Waals surface area contributed by atoms with Gasteiger partial charge in [0.2, 0.25) is 11.8 Å². The van der Waals surface area contributed by atoms with Crippen LogP contribution in [0.5, 0.6) is 5.75 Å². The maximum atomic E-state index is 13.7. The van der Waals surface area contributed by atoms with Crippen molar-refractivity contribution in [2.24, 2.45) is 11.8 Å². The van der Waals surface area contributed by atoms with Crippen LogP contribution in [0.2, 0.25) is 5.02 Å². The summed E-state index contributed by atoms with van der Waals surface area (Å²) in [5.74, 6) is -0.423. The van der Waals surface area contributed by atoms with Crippen LogP contribution in [0.4, 0.5) is 28.4 Å². The van der Waals surface area contributed by atoms with Gasteiger partial charge in [-0.25, -0.2) is 14.6 Å². The number of aromatic amines is 1. The van der Waals surface area contributed by atoms with E-state index in [4.69, 9.17) is 34.8 Å². The third kappa shape index (κ3) is 9.96. The molecule has 3 atom stereocenters. The molecule has 59 heavy (non-hydrogen) atoms. The monoisotopic (exact) mass is 882 g/mol. The SMILES string of the molecule is COC(=O)NCC(=O)N1CC(C)CC1c1ncc(-c2ccc(-c3cc(Cl)c(NC(=O)N4CCN(C5CCN(C(=O)C6CC6(Cl)Cl)CC5)CC4)cc3OC(F)(F)F)cc2)[nH]1. The second-order valence-electron chi connectivity index (χ2n) is 15.4. The number of hydrogen-bond donors (Lipinski definition) is 3. The number of halogens is 6. The van der Waals surface area contributed by atoms with Crippen LogP contribution in [-0.4, -0.2) is 130 Å². The van der Waals surface area contributed by atoms with Gasteiger partial charge < -0.3 is 39.8 Å². The molecule has 3 unspecified atom stereocenters. The Bertz CT molecular complexity index is 2060. The number of alkyl carbamates (subject to hydrolysis) is 1. The highest BCUT2D eigenvalue weighted by atomic mass is 35.5. The first-order chi connectivity index (χ1) is 28.0. The van der Waals surface area contributed by atoms with Crippen molar-refractivity contribution in [3.05, 3.63) is 53.4 Å². The standard InChI is InChI=1S/C39H44Cl3F3N8O6/c1-22-15-31(53(21-22)33(54)20-47-37(57)58-2)34-46-19-30(48-34)24-5-3-23(4-6-24)26-16-28(40)29(17-32(26)59-39(43,44)45)49-36(56)52-13-11-50(12-14-52)25-7-9-51(10-8-25)35(55)27-18-38(27,41)42/h3-6,16-17,19,22,25,27,31H,7-15,18,20-21H2,1-2H3,(H,46,48)(H,47,57)(H,49,56). The van der Waals surface area contributed by atoms with E-state index in [9.17, 15) is 32.3 Å². The Balaban J connectivity index is 0.980. The van der Waals surface area contributed by atoms with Gasteiger partial charge in [0.1, 0.15) is 22.5 Å². The Labute approximate surface area is 353 Å². The van der Waals surface area contributed by atoms with Gasteiger partial charge in [-0.15, -0.1) is 36.4 Å². The minimum absolute atomic E-state index is 0.00374. The maximum Gasteiger partial charge on any atom is 0.573 e. The fourth-order valence-corrected chi connectivity index (χ4v) is 8.81. The number of likely N-dealkylation sites (tertiary alicyclic amines) is 2. The van der Waals surface area contributed by atoms with Crippen molar-refractivity contribution in [2.75, 3.05) is 64.8 Å². The summed E-state index contributed by atoms with van der Waals surface area (Å²) in [5.41, 5.74) is 1.69. The van der Waals surface area contributed by atoms with Crippen molar-refractivity contribution in [1.29, 1.82) is 0 Å². The van der Waals surface area contributed by atoms with E-state index >= 15 is 0 Å².